The topological polar surface area (TPSA) is 74.6 Å². The van der Waals surface area contributed by atoms with Gasteiger partial charge in [0.2, 0.25) is 0 Å². The van der Waals surface area contributed by atoms with Crippen LogP contribution < -0.4 is 9.80 Å². The Balaban J connectivity index is 2.25. The SMILES string of the molecule is N#CC[NH+]1CCN(c2ccc(C(F)(F)F)cc2[N+](=O)[O-])CC1. The van der Waals surface area contributed by atoms with E-state index >= 15 is 0 Å². The van der Waals surface area contributed by atoms with E-state index in [1.54, 1.807) is 4.90 Å². The van der Waals surface area contributed by atoms with Crippen LogP contribution in [0.25, 0.3) is 0 Å². The number of nitrogens with zero attached hydrogens (tertiary/aromatic N) is 3. The van der Waals surface area contributed by atoms with Crippen LogP contribution in [0, 0.1) is 21.4 Å². The van der Waals surface area contributed by atoms with Crippen molar-refractivity contribution in [3.63, 3.8) is 0 Å². The van der Waals surface area contributed by atoms with Crippen molar-refractivity contribution in [1.82, 2.24) is 0 Å². The summed E-state index contributed by atoms with van der Waals surface area (Å²) in [4.78, 5) is 13.0. The number of anilines is 1. The maximum absolute atomic E-state index is 12.7. The summed E-state index contributed by atoms with van der Waals surface area (Å²) in [6.45, 7) is 2.51. The molecular weight excluding hydrogens is 301 g/mol. The number of hydrogen-bond donors (Lipinski definition) is 1. The molecule has 1 aliphatic heterocycles. The molecule has 0 atom stereocenters. The Morgan fingerprint density at radius 3 is 2.50 bits per heavy atom. The predicted octanol–water partition coefficient (Wildman–Crippen LogP) is 0.842. The van der Waals surface area contributed by atoms with Crippen LogP contribution >= 0.6 is 0 Å². The maximum atomic E-state index is 12.7. The number of rotatable bonds is 3. The van der Waals surface area contributed by atoms with Crippen LogP contribution in [0.3, 0.4) is 0 Å². The number of halogens is 3. The number of quaternary nitrogens is 1. The summed E-state index contributed by atoms with van der Waals surface area (Å²) in [5.41, 5.74) is -1.38. The van der Waals surface area contributed by atoms with Crippen molar-refractivity contribution < 1.29 is 23.0 Å². The van der Waals surface area contributed by atoms with E-state index in [0.717, 1.165) is 17.0 Å². The van der Waals surface area contributed by atoms with Crippen LogP contribution in [0.15, 0.2) is 18.2 Å². The smallest absolute Gasteiger partial charge is 0.355 e. The first-order valence-corrected chi connectivity index (χ1v) is 6.64. The summed E-state index contributed by atoms with van der Waals surface area (Å²) in [7, 11) is 0. The molecule has 0 aromatic heterocycles. The van der Waals surface area contributed by atoms with Crippen molar-refractivity contribution in [2.24, 2.45) is 0 Å². The number of hydrogen-bond acceptors (Lipinski definition) is 4. The molecule has 0 aliphatic carbocycles. The van der Waals surface area contributed by atoms with Crippen LogP contribution in [-0.4, -0.2) is 37.6 Å². The van der Waals surface area contributed by atoms with Gasteiger partial charge >= 0.3 is 6.18 Å². The maximum Gasteiger partial charge on any atom is 0.416 e. The highest BCUT2D eigenvalue weighted by Crippen LogP contribution is 2.36. The zero-order valence-electron chi connectivity index (χ0n) is 11.6. The third-order valence-electron chi connectivity index (χ3n) is 3.64. The van der Waals surface area contributed by atoms with Gasteiger partial charge in [-0.15, -0.1) is 0 Å². The van der Waals surface area contributed by atoms with E-state index in [-0.39, 0.29) is 5.69 Å². The van der Waals surface area contributed by atoms with E-state index in [1.807, 2.05) is 0 Å². The van der Waals surface area contributed by atoms with Crippen molar-refractivity contribution in [2.45, 2.75) is 6.18 Å². The van der Waals surface area contributed by atoms with E-state index in [9.17, 15) is 23.3 Å². The third-order valence-corrected chi connectivity index (χ3v) is 3.64. The fraction of sp³-hybridized carbons (Fsp3) is 0.462. The highest BCUT2D eigenvalue weighted by atomic mass is 19.4. The van der Waals surface area contributed by atoms with E-state index in [4.69, 9.17) is 5.26 Å². The largest absolute Gasteiger partial charge is 0.416 e. The van der Waals surface area contributed by atoms with Gasteiger partial charge in [-0.1, -0.05) is 0 Å². The molecule has 6 nitrogen and oxygen atoms in total. The third kappa shape index (κ3) is 3.46. The van der Waals surface area contributed by atoms with Crippen molar-refractivity contribution in [3.8, 4) is 6.07 Å². The van der Waals surface area contributed by atoms with Gasteiger partial charge in [-0.05, 0) is 12.1 Å². The number of nitrogens with one attached hydrogen (secondary N) is 1. The van der Waals surface area contributed by atoms with Gasteiger partial charge < -0.3 is 9.80 Å². The van der Waals surface area contributed by atoms with Gasteiger partial charge in [0.15, 0.2) is 6.54 Å². The van der Waals surface area contributed by atoms with Gasteiger partial charge in [-0.25, -0.2) is 0 Å². The average molecular weight is 315 g/mol. The van der Waals surface area contributed by atoms with E-state index in [0.29, 0.717) is 38.8 Å². The molecule has 2 rings (SSSR count). The standard InChI is InChI=1S/C13H13F3N4O2/c14-13(15,16)10-1-2-11(12(9-10)20(21)22)19-7-5-18(4-3-17)6-8-19/h1-2,9H,4-8H2/p+1. The molecule has 1 aromatic rings. The first-order chi connectivity index (χ1) is 10.3. The lowest BCUT2D eigenvalue weighted by Crippen LogP contribution is -3.14. The first kappa shape index (κ1) is 16.0. The number of piperazine rings is 1. The zero-order valence-corrected chi connectivity index (χ0v) is 11.6. The van der Waals surface area contributed by atoms with E-state index in [2.05, 4.69) is 6.07 Å². The summed E-state index contributed by atoms with van der Waals surface area (Å²) in [6.07, 6.45) is -4.61. The molecule has 22 heavy (non-hydrogen) atoms. The summed E-state index contributed by atoms with van der Waals surface area (Å²) in [6, 6.07) is 4.64. The molecular formula is C13H14F3N4O2+. The Bertz CT molecular complexity index is 604. The van der Waals surface area contributed by atoms with Gasteiger partial charge in [-0.3, -0.25) is 10.1 Å². The molecule has 0 radical (unpaired) electrons. The normalized spacial score (nSPS) is 16.4. The van der Waals surface area contributed by atoms with Gasteiger partial charge in [0.1, 0.15) is 11.8 Å². The molecule has 0 spiro atoms. The fourth-order valence-corrected chi connectivity index (χ4v) is 2.47. The van der Waals surface area contributed by atoms with Crippen molar-refractivity contribution in [2.75, 3.05) is 37.6 Å². The molecule has 1 fully saturated rings. The van der Waals surface area contributed by atoms with Crippen LogP contribution in [0.5, 0.6) is 0 Å². The van der Waals surface area contributed by atoms with Gasteiger partial charge in [0.05, 0.1) is 36.7 Å². The second kappa shape index (κ2) is 6.19. The molecule has 1 aromatic carbocycles. The van der Waals surface area contributed by atoms with Crippen molar-refractivity contribution in [3.05, 3.63) is 33.9 Å². The Morgan fingerprint density at radius 1 is 1.36 bits per heavy atom. The Kier molecular flexibility index (Phi) is 4.51. The molecule has 0 unspecified atom stereocenters. The minimum Gasteiger partial charge on any atom is -0.355 e. The number of alkyl halides is 3. The van der Waals surface area contributed by atoms with E-state index < -0.39 is 22.4 Å². The summed E-state index contributed by atoms with van der Waals surface area (Å²) in [5.74, 6) is 0. The number of nitriles is 1. The average Bonchev–Trinajstić information content (AvgIpc) is 2.47. The number of nitro groups is 1. The van der Waals surface area contributed by atoms with Crippen LogP contribution in [0.2, 0.25) is 0 Å². The molecule has 0 bridgehead atoms. The number of benzene rings is 1. The monoisotopic (exact) mass is 315 g/mol. The molecule has 1 aliphatic rings. The summed E-state index contributed by atoms with van der Waals surface area (Å²) in [5, 5.41) is 19.7. The van der Waals surface area contributed by atoms with Gasteiger partial charge in [-0.2, -0.15) is 18.4 Å². The summed E-state index contributed by atoms with van der Waals surface area (Å²) < 4.78 is 38.0. The fourth-order valence-electron chi connectivity index (χ4n) is 2.47. The molecule has 0 amide bonds. The molecule has 0 saturated carbocycles. The molecule has 1 saturated heterocycles. The molecule has 1 heterocycles. The lowest BCUT2D eigenvalue weighted by molar-refractivity contribution is -0.893. The van der Waals surface area contributed by atoms with Crippen LogP contribution in [-0.2, 0) is 6.18 Å². The Labute approximate surface area is 124 Å². The highest BCUT2D eigenvalue weighted by Gasteiger charge is 2.34. The van der Waals surface area contributed by atoms with Gasteiger partial charge in [0, 0.05) is 6.07 Å². The van der Waals surface area contributed by atoms with Crippen LogP contribution in [0.1, 0.15) is 5.56 Å². The van der Waals surface area contributed by atoms with Gasteiger partial charge in [0.25, 0.3) is 5.69 Å². The second-order valence-corrected chi connectivity index (χ2v) is 5.03. The minimum atomic E-state index is -4.61. The predicted molar refractivity (Wildman–Crippen MR) is 71.5 cm³/mol. The number of nitro benzene ring substituents is 1. The zero-order chi connectivity index (χ0) is 16.3. The van der Waals surface area contributed by atoms with Crippen LogP contribution in [0.4, 0.5) is 24.5 Å². The van der Waals surface area contributed by atoms with E-state index in [1.165, 1.54) is 0 Å². The summed E-state index contributed by atoms with van der Waals surface area (Å²) >= 11 is 0. The first-order valence-electron chi connectivity index (χ1n) is 6.64. The molecule has 9 heteroatoms. The highest BCUT2D eigenvalue weighted by molar-refractivity contribution is 5.64. The molecule has 1 N–H and O–H groups in total. The minimum absolute atomic E-state index is 0.189. The van der Waals surface area contributed by atoms with Crippen molar-refractivity contribution >= 4 is 11.4 Å². The Morgan fingerprint density at radius 2 is 2.00 bits per heavy atom. The lowest BCUT2D eigenvalue weighted by atomic mass is 10.1. The Hall–Kier alpha value is -2.34. The molecule has 118 valence electrons. The second-order valence-electron chi connectivity index (χ2n) is 5.03. The lowest BCUT2D eigenvalue weighted by Gasteiger charge is -2.32. The van der Waals surface area contributed by atoms with Crippen molar-refractivity contribution in [1.29, 1.82) is 5.26 Å². The quantitative estimate of drug-likeness (QED) is 0.510.